The lowest BCUT2D eigenvalue weighted by Crippen LogP contribution is -2.33. The average molecular weight is 280 g/mol. The van der Waals surface area contributed by atoms with Gasteiger partial charge in [-0.3, -0.25) is 0 Å². The van der Waals surface area contributed by atoms with Crippen molar-refractivity contribution in [2.75, 3.05) is 6.61 Å². The third-order valence-corrected chi connectivity index (χ3v) is 3.80. The Kier molecular flexibility index (Phi) is 4.34. The summed E-state index contributed by atoms with van der Waals surface area (Å²) >= 11 is 0. The zero-order valence-electron chi connectivity index (χ0n) is 11.9. The molecule has 1 heterocycles. The van der Waals surface area contributed by atoms with Crippen molar-refractivity contribution in [1.82, 2.24) is 10.3 Å². The van der Waals surface area contributed by atoms with Gasteiger partial charge in [0.1, 0.15) is 0 Å². The van der Waals surface area contributed by atoms with Crippen molar-refractivity contribution >= 4 is 10.9 Å². The van der Waals surface area contributed by atoms with Crippen LogP contribution in [0.15, 0.2) is 60.8 Å². The Morgan fingerprint density at radius 1 is 1.00 bits per heavy atom. The van der Waals surface area contributed by atoms with Gasteiger partial charge in [0, 0.05) is 29.7 Å². The highest BCUT2D eigenvalue weighted by atomic mass is 16.3. The van der Waals surface area contributed by atoms with Crippen LogP contribution in [0.25, 0.3) is 10.9 Å². The fourth-order valence-corrected chi connectivity index (χ4v) is 2.63. The van der Waals surface area contributed by atoms with Crippen LogP contribution in [0.3, 0.4) is 0 Å². The molecule has 0 aliphatic rings. The average Bonchev–Trinajstić information content (AvgIpc) is 2.95. The minimum atomic E-state index is 0.0596. The lowest BCUT2D eigenvalue weighted by molar-refractivity contribution is 0.241. The number of rotatable bonds is 6. The molecule has 21 heavy (non-hydrogen) atoms. The number of aliphatic hydroxyl groups is 1. The van der Waals surface area contributed by atoms with Gasteiger partial charge < -0.3 is 15.4 Å². The first-order valence-electron chi connectivity index (χ1n) is 7.30. The van der Waals surface area contributed by atoms with E-state index in [0.29, 0.717) is 0 Å². The van der Waals surface area contributed by atoms with Gasteiger partial charge in [0.25, 0.3) is 0 Å². The number of nitrogens with one attached hydrogen (secondary N) is 2. The first-order chi connectivity index (χ1) is 10.4. The fourth-order valence-electron chi connectivity index (χ4n) is 2.63. The number of H-pyrrole nitrogens is 1. The first kappa shape index (κ1) is 13.9. The maximum atomic E-state index is 9.60. The fraction of sp³-hybridized carbons (Fsp3) is 0.222. The molecular formula is C18H20N2O. The van der Waals surface area contributed by atoms with Crippen LogP contribution in [0.4, 0.5) is 0 Å². The van der Waals surface area contributed by atoms with E-state index in [1.165, 1.54) is 16.5 Å². The van der Waals surface area contributed by atoms with Gasteiger partial charge >= 0.3 is 0 Å². The maximum absolute atomic E-state index is 9.60. The van der Waals surface area contributed by atoms with Crippen molar-refractivity contribution in [3.05, 3.63) is 71.9 Å². The number of hydrogen-bond donors (Lipinski definition) is 3. The summed E-state index contributed by atoms with van der Waals surface area (Å²) in [6.07, 6.45) is 2.85. The topological polar surface area (TPSA) is 48.0 Å². The summed E-state index contributed by atoms with van der Waals surface area (Å²) in [5, 5.41) is 14.3. The Morgan fingerprint density at radius 2 is 1.76 bits per heavy atom. The second-order valence-electron chi connectivity index (χ2n) is 5.31. The van der Waals surface area contributed by atoms with Gasteiger partial charge in [-0.1, -0.05) is 48.5 Å². The first-order valence-corrected chi connectivity index (χ1v) is 7.30. The largest absolute Gasteiger partial charge is 0.395 e. The lowest BCUT2D eigenvalue weighted by atomic mass is 10.1. The SMILES string of the molecule is OC[C@H](Cc1c[nH]c2ccccc12)NCc1ccccc1. The number of fused-ring (bicyclic) bond motifs is 1. The molecule has 108 valence electrons. The summed E-state index contributed by atoms with van der Waals surface area (Å²) in [5.74, 6) is 0. The van der Waals surface area contributed by atoms with Gasteiger partial charge in [0.15, 0.2) is 0 Å². The lowest BCUT2D eigenvalue weighted by Gasteiger charge is -2.16. The highest BCUT2D eigenvalue weighted by Gasteiger charge is 2.11. The van der Waals surface area contributed by atoms with Crippen molar-refractivity contribution in [3.8, 4) is 0 Å². The van der Waals surface area contributed by atoms with Gasteiger partial charge in [-0.15, -0.1) is 0 Å². The molecule has 0 radical (unpaired) electrons. The maximum Gasteiger partial charge on any atom is 0.0588 e. The monoisotopic (exact) mass is 280 g/mol. The molecule has 3 nitrogen and oxygen atoms in total. The molecule has 0 saturated heterocycles. The quantitative estimate of drug-likeness (QED) is 0.650. The number of aromatic amines is 1. The van der Waals surface area contributed by atoms with Gasteiger partial charge in [-0.25, -0.2) is 0 Å². The molecule has 0 spiro atoms. The molecule has 1 aromatic heterocycles. The van der Waals surface area contributed by atoms with Crippen LogP contribution in [0.1, 0.15) is 11.1 Å². The van der Waals surface area contributed by atoms with E-state index >= 15 is 0 Å². The molecule has 0 aliphatic heterocycles. The Balaban J connectivity index is 1.67. The van der Waals surface area contributed by atoms with E-state index in [1.54, 1.807) is 0 Å². The van der Waals surface area contributed by atoms with Gasteiger partial charge in [-0.2, -0.15) is 0 Å². The molecule has 0 fully saturated rings. The summed E-state index contributed by atoms with van der Waals surface area (Å²) < 4.78 is 0. The smallest absolute Gasteiger partial charge is 0.0588 e. The Bertz CT molecular complexity index is 691. The van der Waals surface area contributed by atoms with Crippen LogP contribution in [0.2, 0.25) is 0 Å². The van der Waals surface area contributed by atoms with Crippen molar-refractivity contribution in [2.24, 2.45) is 0 Å². The third-order valence-electron chi connectivity index (χ3n) is 3.80. The minimum Gasteiger partial charge on any atom is -0.395 e. The zero-order valence-corrected chi connectivity index (χ0v) is 11.9. The van der Waals surface area contributed by atoms with E-state index in [1.807, 2.05) is 36.5 Å². The number of aliphatic hydroxyl groups excluding tert-OH is 1. The third kappa shape index (κ3) is 3.32. The summed E-state index contributed by atoms with van der Waals surface area (Å²) in [5.41, 5.74) is 3.62. The molecule has 0 aliphatic carbocycles. The molecule has 1 atom stereocenters. The van der Waals surface area contributed by atoms with Crippen molar-refractivity contribution < 1.29 is 5.11 Å². The van der Waals surface area contributed by atoms with Gasteiger partial charge in [0.2, 0.25) is 0 Å². The van der Waals surface area contributed by atoms with Crippen LogP contribution in [-0.2, 0) is 13.0 Å². The van der Waals surface area contributed by atoms with Crippen LogP contribution >= 0.6 is 0 Å². The van der Waals surface area contributed by atoms with E-state index in [0.717, 1.165) is 18.5 Å². The van der Waals surface area contributed by atoms with E-state index in [4.69, 9.17) is 0 Å². The van der Waals surface area contributed by atoms with Crippen LogP contribution in [-0.4, -0.2) is 22.7 Å². The summed E-state index contributed by atoms with van der Waals surface area (Å²) in [6.45, 7) is 0.904. The van der Waals surface area contributed by atoms with Crippen molar-refractivity contribution in [2.45, 2.75) is 19.0 Å². The number of benzene rings is 2. The highest BCUT2D eigenvalue weighted by Crippen LogP contribution is 2.19. The van der Waals surface area contributed by atoms with E-state index in [9.17, 15) is 5.11 Å². The van der Waals surface area contributed by atoms with E-state index < -0.39 is 0 Å². The summed E-state index contributed by atoms with van der Waals surface area (Å²) in [4.78, 5) is 3.28. The Labute approximate surface area is 124 Å². The summed E-state index contributed by atoms with van der Waals surface area (Å²) in [7, 11) is 0. The molecule has 2 aromatic carbocycles. The van der Waals surface area contributed by atoms with E-state index in [2.05, 4.69) is 34.6 Å². The van der Waals surface area contributed by atoms with Crippen LogP contribution in [0.5, 0.6) is 0 Å². The Hall–Kier alpha value is -2.10. The van der Waals surface area contributed by atoms with Gasteiger partial charge in [0.05, 0.1) is 6.61 Å². The molecular weight excluding hydrogens is 260 g/mol. The summed E-state index contributed by atoms with van der Waals surface area (Å²) in [6, 6.07) is 18.6. The standard InChI is InChI=1S/C18H20N2O/c21-13-16(19-11-14-6-2-1-3-7-14)10-15-12-20-18-9-5-4-8-17(15)18/h1-9,12,16,19-21H,10-11,13H2/t16-/m0/s1. The predicted octanol–water partition coefficient (Wildman–Crippen LogP) is 2.86. The Morgan fingerprint density at radius 3 is 2.57 bits per heavy atom. The second kappa shape index (κ2) is 6.57. The molecule has 3 heteroatoms. The van der Waals surface area contributed by atoms with Crippen molar-refractivity contribution in [1.29, 1.82) is 0 Å². The van der Waals surface area contributed by atoms with E-state index in [-0.39, 0.29) is 12.6 Å². The molecule has 0 saturated carbocycles. The van der Waals surface area contributed by atoms with Crippen molar-refractivity contribution in [3.63, 3.8) is 0 Å². The normalized spacial score (nSPS) is 12.6. The molecule has 0 amide bonds. The number of hydrogen-bond acceptors (Lipinski definition) is 2. The van der Waals surface area contributed by atoms with Crippen LogP contribution < -0.4 is 5.32 Å². The second-order valence-corrected chi connectivity index (χ2v) is 5.31. The van der Waals surface area contributed by atoms with Crippen LogP contribution in [0, 0.1) is 0 Å². The number of para-hydroxylation sites is 1. The molecule has 0 bridgehead atoms. The molecule has 3 aromatic rings. The zero-order chi connectivity index (χ0) is 14.5. The van der Waals surface area contributed by atoms with Gasteiger partial charge in [-0.05, 0) is 23.6 Å². The predicted molar refractivity (Wildman–Crippen MR) is 86.2 cm³/mol. The molecule has 3 rings (SSSR count). The highest BCUT2D eigenvalue weighted by molar-refractivity contribution is 5.83. The number of aromatic nitrogens is 1. The molecule has 0 unspecified atom stereocenters. The molecule has 3 N–H and O–H groups in total. The minimum absolute atomic E-state index is 0.0596.